The monoisotopic (exact) mass is 299 g/mol. The summed E-state index contributed by atoms with van der Waals surface area (Å²) in [7, 11) is 1.30. The Morgan fingerprint density at radius 1 is 1.40 bits per heavy atom. The highest BCUT2D eigenvalue weighted by Gasteiger charge is 2.38. The highest BCUT2D eigenvalue weighted by molar-refractivity contribution is 5.86. The van der Waals surface area contributed by atoms with Crippen LogP contribution in [0.2, 0.25) is 0 Å². The number of carbonyl (C=O) groups excluding carboxylic acids is 1. The number of aliphatic carboxylic acids is 1. The third-order valence-electron chi connectivity index (χ3n) is 1.70. The summed E-state index contributed by atoms with van der Waals surface area (Å²) >= 11 is 0. The molecule has 9 heteroatoms. The van der Waals surface area contributed by atoms with Crippen LogP contribution in [0.5, 0.6) is 0 Å². The molecule has 0 aliphatic carbocycles. The number of rotatable bonds is 2. The zero-order chi connectivity index (χ0) is 15.2. The van der Waals surface area contributed by atoms with Gasteiger partial charge >= 0.3 is 18.1 Å². The van der Waals surface area contributed by atoms with Gasteiger partial charge < -0.3 is 20.0 Å². The predicted molar refractivity (Wildman–Crippen MR) is 63.1 cm³/mol. The van der Waals surface area contributed by atoms with Crippen molar-refractivity contribution >= 4 is 11.9 Å². The Kier molecular flexibility index (Phi) is 8.32. The first kappa shape index (κ1) is 20.3. The number of nitrogens with two attached hydrogens (primary N) is 1. The molecular weight excluding hydrogens is 283 g/mol. The summed E-state index contributed by atoms with van der Waals surface area (Å²) in [5.41, 5.74) is 5.52. The molecule has 0 saturated heterocycles. The largest absolute Gasteiger partial charge is 0.490 e. The van der Waals surface area contributed by atoms with Crippen molar-refractivity contribution in [2.75, 3.05) is 7.11 Å². The molecule has 3 N–H and O–H groups in total. The number of esters is 1. The van der Waals surface area contributed by atoms with Crippen molar-refractivity contribution in [3.63, 3.8) is 0 Å². The maximum Gasteiger partial charge on any atom is 0.490 e. The van der Waals surface area contributed by atoms with E-state index in [0.717, 1.165) is 0 Å². The molecule has 0 aromatic carbocycles. The van der Waals surface area contributed by atoms with Gasteiger partial charge in [0.2, 0.25) is 5.76 Å². The van der Waals surface area contributed by atoms with E-state index in [-0.39, 0.29) is 19.2 Å². The van der Waals surface area contributed by atoms with Crippen LogP contribution in [0.25, 0.3) is 0 Å². The van der Waals surface area contributed by atoms with E-state index in [1.54, 1.807) is 19.1 Å². The van der Waals surface area contributed by atoms with Crippen LogP contribution in [-0.2, 0) is 9.53 Å². The lowest BCUT2D eigenvalue weighted by Gasteiger charge is -1.98. The van der Waals surface area contributed by atoms with Crippen molar-refractivity contribution in [1.29, 1.82) is 0 Å². The summed E-state index contributed by atoms with van der Waals surface area (Å²) in [6, 6.07) is 3.00. The number of carboxylic acids is 1. The van der Waals surface area contributed by atoms with E-state index < -0.39 is 18.1 Å². The van der Waals surface area contributed by atoms with E-state index in [1.807, 2.05) is 0 Å². The minimum Gasteiger partial charge on any atom is -0.475 e. The smallest absolute Gasteiger partial charge is 0.475 e. The first-order chi connectivity index (χ1) is 8.59. The summed E-state index contributed by atoms with van der Waals surface area (Å²) in [6.07, 6.45) is -5.08. The SMILES string of the molecule is C.COC(=O)c1ccc([C@@H](C)N)o1.O=C(O)C(F)(F)F. The van der Waals surface area contributed by atoms with Crippen LogP contribution >= 0.6 is 0 Å². The minimum absolute atomic E-state index is 0. The molecule has 116 valence electrons. The Bertz CT molecular complexity index is 440. The van der Waals surface area contributed by atoms with Gasteiger partial charge in [-0.1, -0.05) is 7.43 Å². The Morgan fingerprint density at radius 3 is 2.10 bits per heavy atom. The second-order valence-electron chi connectivity index (χ2n) is 3.29. The van der Waals surface area contributed by atoms with Gasteiger partial charge in [-0.25, -0.2) is 9.59 Å². The first-order valence-corrected chi connectivity index (χ1v) is 4.83. The van der Waals surface area contributed by atoms with E-state index >= 15 is 0 Å². The lowest BCUT2D eigenvalue weighted by Crippen LogP contribution is -2.21. The lowest BCUT2D eigenvalue weighted by molar-refractivity contribution is -0.192. The number of methoxy groups -OCH3 is 1. The molecule has 20 heavy (non-hydrogen) atoms. The quantitative estimate of drug-likeness (QED) is 0.813. The molecule has 0 saturated carbocycles. The maximum atomic E-state index is 10.9. The lowest BCUT2D eigenvalue weighted by atomic mass is 10.3. The molecular formula is C11H16F3NO5. The molecule has 1 aromatic rings. The van der Waals surface area contributed by atoms with Crippen LogP contribution in [0.3, 0.4) is 0 Å². The number of alkyl halides is 3. The van der Waals surface area contributed by atoms with Gasteiger partial charge in [-0.3, -0.25) is 0 Å². The van der Waals surface area contributed by atoms with Gasteiger partial charge in [-0.05, 0) is 19.1 Å². The molecule has 1 rings (SSSR count). The van der Waals surface area contributed by atoms with Crippen molar-refractivity contribution in [1.82, 2.24) is 0 Å². The third kappa shape index (κ3) is 6.78. The van der Waals surface area contributed by atoms with Crippen LogP contribution in [-0.4, -0.2) is 30.3 Å². The number of ether oxygens (including phenoxy) is 1. The van der Waals surface area contributed by atoms with E-state index in [4.69, 9.17) is 20.1 Å². The average molecular weight is 299 g/mol. The molecule has 0 spiro atoms. The maximum absolute atomic E-state index is 10.9. The van der Waals surface area contributed by atoms with Gasteiger partial charge in [0.15, 0.2) is 0 Å². The number of furan rings is 1. The van der Waals surface area contributed by atoms with Gasteiger partial charge in [0.25, 0.3) is 0 Å². The van der Waals surface area contributed by atoms with Crippen LogP contribution in [0.15, 0.2) is 16.5 Å². The van der Waals surface area contributed by atoms with Crippen molar-refractivity contribution in [3.05, 3.63) is 23.7 Å². The Hall–Kier alpha value is -2.03. The summed E-state index contributed by atoms with van der Waals surface area (Å²) < 4.78 is 41.3. The van der Waals surface area contributed by atoms with Gasteiger partial charge in [0.05, 0.1) is 13.2 Å². The van der Waals surface area contributed by atoms with E-state index in [0.29, 0.717) is 5.76 Å². The van der Waals surface area contributed by atoms with Gasteiger partial charge in [-0.15, -0.1) is 0 Å². The van der Waals surface area contributed by atoms with Gasteiger partial charge in [0.1, 0.15) is 5.76 Å². The fourth-order valence-electron chi connectivity index (χ4n) is 0.808. The predicted octanol–water partition coefficient (Wildman–Crippen LogP) is 2.36. The zero-order valence-corrected chi connectivity index (χ0v) is 10.0. The Morgan fingerprint density at radius 2 is 1.85 bits per heavy atom. The van der Waals surface area contributed by atoms with E-state index in [9.17, 15) is 18.0 Å². The van der Waals surface area contributed by atoms with Crippen LogP contribution in [0.4, 0.5) is 13.2 Å². The van der Waals surface area contributed by atoms with Crippen LogP contribution in [0.1, 0.15) is 36.7 Å². The number of hydrogen-bond acceptors (Lipinski definition) is 5. The van der Waals surface area contributed by atoms with E-state index in [2.05, 4.69) is 4.74 Å². The zero-order valence-electron chi connectivity index (χ0n) is 10.0. The van der Waals surface area contributed by atoms with Gasteiger partial charge in [-0.2, -0.15) is 13.2 Å². The highest BCUT2D eigenvalue weighted by atomic mass is 19.4. The summed E-state index contributed by atoms with van der Waals surface area (Å²) in [4.78, 5) is 19.8. The summed E-state index contributed by atoms with van der Waals surface area (Å²) in [5, 5.41) is 7.12. The second kappa shape index (κ2) is 8.20. The molecule has 6 nitrogen and oxygen atoms in total. The Balaban J connectivity index is 0. The molecule has 1 aromatic heterocycles. The number of hydrogen-bond donors (Lipinski definition) is 2. The topological polar surface area (TPSA) is 103 Å². The minimum atomic E-state index is -5.08. The first-order valence-electron chi connectivity index (χ1n) is 4.83. The molecule has 0 aliphatic heterocycles. The fourth-order valence-corrected chi connectivity index (χ4v) is 0.808. The van der Waals surface area contributed by atoms with Crippen molar-refractivity contribution in [2.24, 2.45) is 5.73 Å². The molecule has 0 fully saturated rings. The molecule has 0 unspecified atom stereocenters. The van der Waals surface area contributed by atoms with Gasteiger partial charge in [0, 0.05) is 0 Å². The molecule has 1 atom stereocenters. The number of carboxylic acid groups (broad SMARTS) is 1. The number of halogens is 3. The number of carbonyl (C=O) groups is 2. The molecule has 0 aliphatic rings. The standard InChI is InChI=1S/C8H11NO3.C2HF3O2.CH4/c1-5(9)6-3-4-7(12-6)8(10)11-2;3-2(4,5)1(6)7;/h3-5H,9H2,1-2H3;(H,6,7);1H4/t5-;;/m1../s1. The van der Waals surface area contributed by atoms with Crippen molar-refractivity contribution in [3.8, 4) is 0 Å². The van der Waals surface area contributed by atoms with Crippen molar-refractivity contribution in [2.45, 2.75) is 26.6 Å². The average Bonchev–Trinajstić information content (AvgIpc) is 2.76. The Labute approximate surface area is 113 Å². The molecule has 0 bridgehead atoms. The normalized spacial score (nSPS) is 11.5. The fraction of sp³-hybridized carbons (Fsp3) is 0.455. The molecule has 1 heterocycles. The highest BCUT2D eigenvalue weighted by Crippen LogP contribution is 2.14. The summed E-state index contributed by atoms with van der Waals surface area (Å²) in [5.74, 6) is -2.48. The molecule has 0 amide bonds. The van der Waals surface area contributed by atoms with Crippen molar-refractivity contribution < 1.29 is 37.0 Å². The molecule has 0 radical (unpaired) electrons. The van der Waals surface area contributed by atoms with Crippen LogP contribution in [0, 0.1) is 0 Å². The van der Waals surface area contributed by atoms with E-state index in [1.165, 1.54) is 7.11 Å². The summed E-state index contributed by atoms with van der Waals surface area (Å²) in [6.45, 7) is 1.78. The third-order valence-corrected chi connectivity index (χ3v) is 1.70. The second-order valence-corrected chi connectivity index (χ2v) is 3.29. The van der Waals surface area contributed by atoms with Crippen LogP contribution < -0.4 is 5.73 Å².